The number of hydrogen-bond donors (Lipinski definition) is 1. The Hall–Kier alpha value is -2.24. The highest BCUT2D eigenvalue weighted by molar-refractivity contribution is 5.76. The minimum atomic E-state index is -0.730. The zero-order valence-corrected chi connectivity index (χ0v) is 25.6. The molecule has 38 heavy (non-hydrogen) atoms. The first-order valence-electron chi connectivity index (χ1n) is 12.9. The second kappa shape index (κ2) is 14.2. The highest BCUT2D eigenvalue weighted by Gasteiger charge is 2.31. The number of carbonyl (C=O) groups excluding carboxylic acids is 4. The Morgan fingerprint density at radius 2 is 0.816 bits per heavy atom. The Morgan fingerprint density at radius 1 is 0.553 bits per heavy atom. The van der Waals surface area contributed by atoms with Gasteiger partial charge in [-0.2, -0.15) is 0 Å². The predicted octanol–water partition coefficient (Wildman–Crippen LogP) is 2.28. The van der Waals surface area contributed by atoms with Gasteiger partial charge in [-0.1, -0.05) is 0 Å². The van der Waals surface area contributed by atoms with E-state index in [4.69, 9.17) is 24.7 Å². The van der Waals surface area contributed by atoms with Crippen molar-refractivity contribution in [2.45, 2.75) is 112 Å². The largest absolute Gasteiger partial charge is 0.459 e. The summed E-state index contributed by atoms with van der Waals surface area (Å²) in [5.74, 6) is -2.18. The van der Waals surface area contributed by atoms with Crippen LogP contribution in [0.5, 0.6) is 0 Å². The summed E-state index contributed by atoms with van der Waals surface area (Å²) in [7, 11) is 0. The van der Waals surface area contributed by atoms with Crippen LogP contribution in [0.15, 0.2) is 0 Å². The van der Waals surface area contributed by atoms with Crippen LogP contribution >= 0.6 is 0 Å². The van der Waals surface area contributed by atoms with Crippen molar-refractivity contribution in [3.05, 3.63) is 0 Å². The molecule has 0 unspecified atom stereocenters. The van der Waals surface area contributed by atoms with Crippen LogP contribution in [-0.4, -0.2) is 101 Å². The number of nitrogens with zero attached hydrogens (tertiary/aromatic N) is 2. The summed E-state index contributed by atoms with van der Waals surface area (Å²) in [6, 6.07) is -0.611. The van der Waals surface area contributed by atoms with Gasteiger partial charge in [0.2, 0.25) is 0 Å². The lowest BCUT2D eigenvalue weighted by Crippen LogP contribution is -2.54. The van der Waals surface area contributed by atoms with Gasteiger partial charge in [0, 0.05) is 19.1 Å². The van der Waals surface area contributed by atoms with E-state index in [0.717, 1.165) is 0 Å². The number of carbonyl (C=O) groups is 4. The molecule has 0 saturated carbocycles. The first-order chi connectivity index (χ1) is 16.9. The Morgan fingerprint density at radius 3 is 1.05 bits per heavy atom. The quantitative estimate of drug-likeness (QED) is 0.285. The van der Waals surface area contributed by atoms with Gasteiger partial charge in [-0.05, 0) is 83.1 Å². The maximum atomic E-state index is 12.7. The molecular formula is C27H51N3O8. The van der Waals surface area contributed by atoms with Gasteiger partial charge in [-0.3, -0.25) is 29.0 Å². The van der Waals surface area contributed by atoms with Crippen molar-refractivity contribution in [3.63, 3.8) is 0 Å². The van der Waals surface area contributed by atoms with E-state index < -0.39 is 52.3 Å². The molecule has 0 amide bonds. The predicted molar refractivity (Wildman–Crippen MR) is 144 cm³/mol. The van der Waals surface area contributed by atoms with Gasteiger partial charge in [0.25, 0.3) is 0 Å². The molecule has 2 N–H and O–H groups in total. The third-order valence-electron chi connectivity index (χ3n) is 4.31. The SMILES string of the molecule is CC(C)(C)OC(=O)CN(CC(=O)OC(C)(C)C)C[C@@H](CN)N(CC(=O)OC(C)(C)C)CC(=O)OC(C)(C)C. The minimum absolute atomic E-state index is 0.0186. The van der Waals surface area contributed by atoms with E-state index in [2.05, 4.69) is 0 Å². The van der Waals surface area contributed by atoms with E-state index in [0.29, 0.717) is 0 Å². The molecule has 0 aromatic rings. The summed E-state index contributed by atoms with van der Waals surface area (Å²) in [4.78, 5) is 53.7. The van der Waals surface area contributed by atoms with Crippen molar-refractivity contribution in [2.24, 2.45) is 5.73 Å². The lowest BCUT2D eigenvalue weighted by atomic mass is 10.1. The van der Waals surface area contributed by atoms with Crippen LogP contribution in [0.1, 0.15) is 83.1 Å². The van der Waals surface area contributed by atoms with Crippen LogP contribution in [0.4, 0.5) is 0 Å². The average Bonchev–Trinajstić information content (AvgIpc) is 2.58. The van der Waals surface area contributed by atoms with E-state index in [1.165, 1.54) is 4.90 Å². The van der Waals surface area contributed by atoms with Gasteiger partial charge in [0.05, 0.1) is 26.2 Å². The van der Waals surface area contributed by atoms with E-state index in [9.17, 15) is 19.2 Å². The second-order valence-corrected chi connectivity index (χ2v) is 13.3. The monoisotopic (exact) mass is 545 g/mol. The maximum Gasteiger partial charge on any atom is 0.320 e. The lowest BCUT2D eigenvalue weighted by molar-refractivity contribution is -0.164. The summed E-state index contributed by atoms with van der Waals surface area (Å²) in [6.07, 6.45) is 0. The smallest absolute Gasteiger partial charge is 0.320 e. The van der Waals surface area contributed by atoms with Crippen LogP contribution in [0.25, 0.3) is 0 Å². The first kappa shape index (κ1) is 35.8. The summed E-state index contributed by atoms with van der Waals surface area (Å²) < 4.78 is 21.8. The molecule has 11 heteroatoms. The number of hydrogen-bond acceptors (Lipinski definition) is 11. The fourth-order valence-corrected chi connectivity index (χ4v) is 3.33. The normalized spacial score (nSPS) is 13.8. The third kappa shape index (κ3) is 18.9. The number of nitrogens with two attached hydrogens (primary N) is 1. The van der Waals surface area contributed by atoms with Gasteiger partial charge < -0.3 is 24.7 Å². The summed E-state index contributed by atoms with van der Waals surface area (Å²) in [6.45, 7) is 20.1. The van der Waals surface area contributed by atoms with Crippen LogP contribution in [-0.2, 0) is 38.1 Å². The first-order valence-corrected chi connectivity index (χ1v) is 12.9. The summed E-state index contributed by atoms with van der Waals surface area (Å²) >= 11 is 0. The molecule has 0 aromatic carbocycles. The molecule has 0 spiro atoms. The molecule has 0 bridgehead atoms. The minimum Gasteiger partial charge on any atom is -0.459 e. The highest BCUT2D eigenvalue weighted by Crippen LogP contribution is 2.14. The fraction of sp³-hybridized carbons (Fsp3) is 0.852. The molecule has 0 fully saturated rings. The van der Waals surface area contributed by atoms with Crippen LogP contribution in [0.3, 0.4) is 0 Å². The van der Waals surface area contributed by atoms with Crippen LogP contribution in [0, 0.1) is 0 Å². The van der Waals surface area contributed by atoms with Crippen molar-refractivity contribution in [1.82, 2.24) is 9.80 Å². The molecule has 0 saturated heterocycles. The number of esters is 4. The van der Waals surface area contributed by atoms with Gasteiger partial charge in [0.1, 0.15) is 22.4 Å². The molecule has 0 aromatic heterocycles. The summed E-state index contributed by atoms with van der Waals surface area (Å²) in [5, 5.41) is 0. The van der Waals surface area contributed by atoms with Crippen molar-refractivity contribution in [1.29, 1.82) is 0 Å². The zero-order chi connectivity index (χ0) is 30.1. The molecule has 0 heterocycles. The molecular weight excluding hydrogens is 494 g/mol. The zero-order valence-electron chi connectivity index (χ0n) is 25.6. The highest BCUT2D eigenvalue weighted by atomic mass is 16.6. The van der Waals surface area contributed by atoms with Crippen LogP contribution in [0.2, 0.25) is 0 Å². The van der Waals surface area contributed by atoms with Gasteiger partial charge in [-0.15, -0.1) is 0 Å². The van der Waals surface area contributed by atoms with E-state index in [1.54, 1.807) is 88.0 Å². The lowest BCUT2D eigenvalue weighted by Gasteiger charge is -2.35. The van der Waals surface area contributed by atoms with E-state index in [-0.39, 0.29) is 39.3 Å². The van der Waals surface area contributed by atoms with Crippen molar-refractivity contribution >= 4 is 23.9 Å². The maximum absolute atomic E-state index is 12.7. The summed E-state index contributed by atoms with van der Waals surface area (Å²) in [5.41, 5.74) is 3.19. The van der Waals surface area contributed by atoms with E-state index in [1.807, 2.05) is 0 Å². The number of ether oxygens (including phenoxy) is 4. The molecule has 0 rings (SSSR count). The molecule has 0 radical (unpaired) electrons. The molecule has 11 nitrogen and oxygen atoms in total. The van der Waals surface area contributed by atoms with Gasteiger partial charge in [0.15, 0.2) is 0 Å². The molecule has 222 valence electrons. The average molecular weight is 546 g/mol. The third-order valence-corrected chi connectivity index (χ3v) is 4.31. The van der Waals surface area contributed by atoms with Crippen molar-refractivity contribution in [2.75, 3.05) is 39.3 Å². The Balaban J connectivity index is 5.98. The Labute approximate surface area is 228 Å². The molecule has 0 aliphatic heterocycles. The van der Waals surface area contributed by atoms with Gasteiger partial charge >= 0.3 is 23.9 Å². The van der Waals surface area contributed by atoms with Crippen molar-refractivity contribution in [3.8, 4) is 0 Å². The van der Waals surface area contributed by atoms with Crippen LogP contribution < -0.4 is 5.73 Å². The second-order valence-electron chi connectivity index (χ2n) is 13.3. The topological polar surface area (TPSA) is 138 Å². The van der Waals surface area contributed by atoms with E-state index >= 15 is 0 Å². The molecule has 0 aliphatic rings. The van der Waals surface area contributed by atoms with Gasteiger partial charge in [-0.25, -0.2) is 0 Å². The Bertz CT molecular complexity index is 741. The fourth-order valence-electron chi connectivity index (χ4n) is 3.33. The molecule has 0 aliphatic carbocycles. The number of rotatable bonds is 12. The Kier molecular flexibility index (Phi) is 13.4. The standard InChI is InChI=1S/C27H51N3O8/c1-24(2,3)35-20(31)15-29(16-21(32)36-25(4,5)6)14-19(13-28)30(17-22(33)37-26(7,8)9)18-23(34)38-27(10,11)12/h19H,13-18,28H2,1-12H3/t19-/m1/s1. The van der Waals surface area contributed by atoms with Crippen molar-refractivity contribution < 1.29 is 38.1 Å². The molecule has 1 atom stereocenters.